The largest absolute Gasteiger partial charge is 0.490 e. The van der Waals surface area contributed by atoms with Crippen molar-refractivity contribution in [3.05, 3.63) is 104 Å². The van der Waals surface area contributed by atoms with E-state index in [0.29, 0.717) is 45.8 Å². The van der Waals surface area contributed by atoms with Crippen LogP contribution in [0.5, 0.6) is 11.5 Å². The number of barbiturate groups is 1. The number of imide groups is 2. The Kier molecular flexibility index (Phi) is 9.35. The number of nitrogens with one attached hydrogen (secondary N) is 1. The van der Waals surface area contributed by atoms with Gasteiger partial charge in [0.25, 0.3) is 11.8 Å². The van der Waals surface area contributed by atoms with Crippen molar-refractivity contribution in [2.24, 2.45) is 0 Å². The number of hydrogen-bond donors (Lipinski definition) is 1. The first-order valence-electron chi connectivity index (χ1n) is 12.3. The first kappa shape index (κ1) is 29.4. The Morgan fingerprint density at radius 2 is 1.80 bits per heavy atom. The molecule has 1 heterocycles. The zero-order chi connectivity index (χ0) is 29.0. The van der Waals surface area contributed by atoms with Crippen molar-refractivity contribution < 1.29 is 23.9 Å². The van der Waals surface area contributed by atoms with Gasteiger partial charge in [0, 0.05) is 10.0 Å². The molecule has 0 radical (unpaired) electrons. The molecule has 0 spiro atoms. The predicted octanol–water partition coefficient (Wildman–Crippen LogP) is 7.44. The summed E-state index contributed by atoms with van der Waals surface area (Å²) in [6.07, 6.45) is 3.57. The minimum Gasteiger partial charge on any atom is -0.490 e. The van der Waals surface area contributed by atoms with Gasteiger partial charge in [0.15, 0.2) is 11.5 Å². The Labute approximate surface area is 250 Å². The lowest BCUT2D eigenvalue weighted by Crippen LogP contribution is -2.54. The monoisotopic (exact) mass is 642 g/mol. The highest BCUT2D eigenvalue weighted by Gasteiger charge is 2.37. The van der Waals surface area contributed by atoms with E-state index in [1.807, 2.05) is 19.9 Å². The summed E-state index contributed by atoms with van der Waals surface area (Å²) < 4.78 is 12.9. The molecule has 7 nitrogen and oxygen atoms in total. The molecule has 1 fully saturated rings. The number of allylic oxidation sites excluding steroid dienone is 1. The number of carbonyl (C=O) groups is 3. The molecule has 3 aromatic rings. The van der Waals surface area contributed by atoms with Crippen molar-refractivity contribution >= 4 is 68.7 Å². The zero-order valence-electron chi connectivity index (χ0n) is 21.7. The molecule has 4 rings (SSSR count). The van der Waals surface area contributed by atoms with E-state index < -0.39 is 17.8 Å². The number of anilines is 1. The van der Waals surface area contributed by atoms with E-state index in [-0.39, 0.29) is 12.2 Å². The smallest absolute Gasteiger partial charge is 0.335 e. The van der Waals surface area contributed by atoms with Crippen LogP contribution in [0.1, 0.15) is 29.2 Å². The molecule has 4 amide bonds. The summed E-state index contributed by atoms with van der Waals surface area (Å²) in [5.41, 5.74) is 3.03. The van der Waals surface area contributed by atoms with Gasteiger partial charge >= 0.3 is 6.03 Å². The van der Waals surface area contributed by atoms with Crippen LogP contribution in [0.15, 0.2) is 71.2 Å². The third-order valence-corrected chi connectivity index (χ3v) is 7.63. The molecule has 1 aliphatic rings. The van der Waals surface area contributed by atoms with Gasteiger partial charge in [-0.1, -0.05) is 51.3 Å². The fourth-order valence-electron chi connectivity index (χ4n) is 4.11. The number of nitrogens with zero attached hydrogens (tertiary/aromatic N) is 1. The van der Waals surface area contributed by atoms with E-state index in [2.05, 4.69) is 27.8 Å². The fraction of sp³-hybridized carbons (Fsp3) is 0.167. The van der Waals surface area contributed by atoms with E-state index in [1.54, 1.807) is 48.5 Å². The lowest BCUT2D eigenvalue weighted by Gasteiger charge is -2.27. The maximum Gasteiger partial charge on any atom is 0.335 e. The number of benzene rings is 3. The molecule has 0 saturated carbocycles. The number of hydrogen-bond acceptors (Lipinski definition) is 5. The minimum absolute atomic E-state index is 0.198. The van der Waals surface area contributed by atoms with Gasteiger partial charge in [-0.2, -0.15) is 0 Å². The molecule has 1 N–H and O–H groups in total. The molecule has 10 heteroatoms. The van der Waals surface area contributed by atoms with E-state index in [1.165, 1.54) is 6.08 Å². The number of halogens is 3. The molecular weight excluding hydrogens is 619 g/mol. The Bertz CT molecular complexity index is 1550. The van der Waals surface area contributed by atoms with E-state index >= 15 is 0 Å². The maximum atomic E-state index is 13.4. The van der Waals surface area contributed by atoms with Crippen LogP contribution in [0.3, 0.4) is 0 Å². The van der Waals surface area contributed by atoms with Crippen molar-refractivity contribution in [3.8, 4) is 11.5 Å². The van der Waals surface area contributed by atoms with Gasteiger partial charge in [0.1, 0.15) is 12.2 Å². The highest BCUT2D eigenvalue weighted by molar-refractivity contribution is 9.10. The van der Waals surface area contributed by atoms with Gasteiger partial charge in [-0.3, -0.25) is 14.9 Å². The number of urea groups is 1. The average molecular weight is 644 g/mol. The summed E-state index contributed by atoms with van der Waals surface area (Å²) in [6, 6.07) is 12.9. The second kappa shape index (κ2) is 12.7. The molecule has 0 aromatic heterocycles. The zero-order valence-corrected chi connectivity index (χ0v) is 24.8. The lowest BCUT2D eigenvalue weighted by molar-refractivity contribution is -0.122. The summed E-state index contributed by atoms with van der Waals surface area (Å²) in [5, 5.41) is 3.12. The van der Waals surface area contributed by atoms with Crippen LogP contribution in [0, 0.1) is 6.92 Å². The van der Waals surface area contributed by atoms with Crippen LogP contribution in [0.25, 0.3) is 6.08 Å². The van der Waals surface area contributed by atoms with Crippen LogP contribution < -0.4 is 19.7 Å². The second-order valence-electron chi connectivity index (χ2n) is 8.86. The Morgan fingerprint density at radius 1 is 1.02 bits per heavy atom. The number of carbonyl (C=O) groups excluding carboxylic acids is 3. The third-order valence-electron chi connectivity index (χ3n) is 6.00. The van der Waals surface area contributed by atoms with Crippen LogP contribution >= 0.6 is 39.1 Å². The van der Waals surface area contributed by atoms with Crippen LogP contribution in [-0.2, 0) is 22.6 Å². The first-order chi connectivity index (χ1) is 19.1. The van der Waals surface area contributed by atoms with Crippen LogP contribution in [0.4, 0.5) is 10.5 Å². The molecule has 40 heavy (non-hydrogen) atoms. The minimum atomic E-state index is -0.817. The summed E-state index contributed by atoms with van der Waals surface area (Å²) >= 11 is 15.6. The number of rotatable bonds is 9. The highest BCUT2D eigenvalue weighted by atomic mass is 79.9. The molecule has 3 aromatic carbocycles. The van der Waals surface area contributed by atoms with Crippen LogP contribution in [0.2, 0.25) is 10.0 Å². The second-order valence-corrected chi connectivity index (χ2v) is 10.5. The Balaban J connectivity index is 1.72. The third kappa shape index (κ3) is 6.41. The highest BCUT2D eigenvalue weighted by Crippen LogP contribution is 2.36. The molecular formula is C30H25BrCl2N2O5. The standard InChI is InChI=1S/C30H25BrCl2N2O5/c1-4-6-20-12-19(15-26(39-5-2)27(20)40-16-18-7-10-24(32)25(33)14-18)13-22-28(36)34-30(38)35(29(22)37)21-8-9-23(31)17(3)11-21/h4,7-15H,1,5-6,16H2,2-3H3,(H,34,36,38)/b22-13+. The van der Waals surface area contributed by atoms with Gasteiger partial charge in [-0.05, 0) is 85.5 Å². The molecule has 0 atom stereocenters. The summed E-state index contributed by atoms with van der Waals surface area (Å²) in [4.78, 5) is 39.8. The normalized spacial score (nSPS) is 14.4. The molecule has 0 aliphatic carbocycles. The van der Waals surface area contributed by atoms with Crippen molar-refractivity contribution in [3.63, 3.8) is 0 Å². The molecule has 0 bridgehead atoms. The molecule has 1 aliphatic heterocycles. The first-order valence-corrected chi connectivity index (χ1v) is 13.8. The van der Waals surface area contributed by atoms with Gasteiger partial charge in [-0.25, -0.2) is 9.69 Å². The van der Waals surface area contributed by atoms with Crippen molar-refractivity contribution in [2.75, 3.05) is 11.5 Å². The van der Waals surface area contributed by atoms with Gasteiger partial charge < -0.3 is 9.47 Å². The van der Waals surface area contributed by atoms with Gasteiger partial charge in [0.2, 0.25) is 0 Å². The van der Waals surface area contributed by atoms with Crippen molar-refractivity contribution in [1.82, 2.24) is 5.32 Å². The maximum absolute atomic E-state index is 13.4. The predicted molar refractivity (Wildman–Crippen MR) is 160 cm³/mol. The number of ether oxygens (including phenoxy) is 2. The molecule has 206 valence electrons. The summed E-state index contributed by atoms with van der Waals surface area (Å²) in [6.45, 7) is 8.06. The van der Waals surface area contributed by atoms with Crippen molar-refractivity contribution in [2.45, 2.75) is 26.9 Å². The van der Waals surface area contributed by atoms with E-state index in [9.17, 15) is 14.4 Å². The Morgan fingerprint density at radius 3 is 2.48 bits per heavy atom. The molecule has 0 unspecified atom stereocenters. The van der Waals surface area contributed by atoms with Crippen molar-refractivity contribution in [1.29, 1.82) is 0 Å². The molecule has 1 saturated heterocycles. The summed E-state index contributed by atoms with van der Waals surface area (Å²) in [5.74, 6) is -0.604. The van der Waals surface area contributed by atoms with E-state index in [0.717, 1.165) is 26.1 Å². The number of aryl methyl sites for hydroxylation is 1. The van der Waals surface area contributed by atoms with Crippen LogP contribution in [-0.4, -0.2) is 24.5 Å². The van der Waals surface area contributed by atoms with Gasteiger partial charge in [0.05, 0.1) is 22.3 Å². The summed E-state index contributed by atoms with van der Waals surface area (Å²) in [7, 11) is 0. The lowest BCUT2D eigenvalue weighted by atomic mass is 10.0. The SMILES string of the molecule is C=CCc1cc(/C=C2\C(=O)NC(=O)N(c3ccc(Br)c(C)c3)C2=O)cc(OCC)c1OCc1ccc(Cl)c(Cl)c1. The van der Waals surface area contributed by atoms with Gasteiger partial charge in [-0.15, -0.1) is 6.58 Å². The number of amides is 4. The topological polar surface area (TPSA) is 84.9 Å². The van der Waals surface area contributed by atoms with E-state index in [4.69, 9.17) is 32.7 Å². The quantitative estimate of drug-likeness (QED) is 0.149. The Hall–Kier alpha value is -3.59. The average Bonchev–Trinajstić information content (AvgIpc) is 2.90. The fourth-order valence-corrected chi connectivity index (χ4v) is 4.68.